The number of rotatable bonds is 50. The van der Waals surface area contributed by atoms with Crippen molar-refractivity contribution < 1.29 is 38.4 Å². The van der Waals surface area contributed by atoms with Gasteiger partial charge in [-0.3, -0.25) is 9.59 Å². The number of allylic oxidation sites excluding steroid dienone is 4. The summed E-state index contributed by atoms with van der Waals surface area (Å²) in [4.78, 5) is 26.4. The lowest BCUT2D eigenvalue weighted by Crippen LogP contribution is -2.32. The van der Waals surface area contributed by atoms with E-state index < -0.39 is 5.60 Å². The van der Waals surface area contributed by atoms with E-state index in [9.17, 15) is 14.7 Å². The zero-order valence-electron chi connectivity index (χ0n) is 41.3. The lowest BCUT2D eigenvalue weighted by molar-refractivity contribution is -0.146. The molecular weight excluding hydrogens is 779 g/mol. The Kier molecular flexibility index (Phi) is 47.3. The number of aliphatic hydroxyl groups is 1. The SMILES string of the molecule is CCCCCCCC/C=C\CCCCCCCC(=O)OCCOCCCC(O)(CCCOCCOC(=O)CCCCCCC/C=C\CCCCCCCC)CCOCCN(C)C. The fraction of sp³-hybridized carbons (Fsp3) is 0.887. The van der Waals surface area contributed by atoms with E-state index >= 15 is 0 Å². The molecule has 0 aliphatic rings. The summed E-state index contributed by atoms with van der Waals surface area (Å²) in [6.45, 7) is 8.72. The highest BCUT2D eigenvalue weighted by Gasteiger charge is 2.26. The van der Waals surface area contributed by atoms with Crippen molar-refractivity contribution in [1.82, 2.24) is 4.90 Å². The Hall–Kier alpha value is -1.78. The number of carbonyl (C=O) groups is 2. The Labute approximate surface area is 383 Å². The van der Waals surface area contributed by atoms with Gasteiger partial charge in [0.05, 0.1) is 25.4 Å². The molecule has 0 aliphatic heterocycles. The molecule has 0 unspecified atom stereocenters. The van der Waals surface area contributed by atoms with Crippen molar-refractivity contribution in [3.05, 3.63) is 24.3 Å². The molecular formula is C53H101NO8. The van der Waals surface area contributed by atoms with Crippen LogP contribution in [0.5, 0.6) is 0 Å². The van der Waals surface area contributed by atoms with Crippen LogP contribution >= 0.6 is 0 Å². The highest BCUT2D eigenvalue weighted by Crippen LogP contribution is 2.24. The van der Waals surface area contributed by atoms with E-state index in [1.54, 1.807) is 0 Å². The molecule has 0 aromatic heterocycles. The van der Waals surface area contributed by atoms with Crippen LogP contribution in [0.3, 0.4) is 0 Å². The normalized spacial score (nSPS) is 12.1. The van der Waals surface area contributed by atoms with Crippen molar-refractivity contribution in [1.29, 1.82) is 0 Å². The number of carbonyl (C=O) groups excluding carboxylic acids is 2. The molecule has 62 heavy (non-hydrogen) atoms. The van der Waals surface area contributed by atoms with E-state index in [1.165, 1.54) is 128 Å². The van der Waals surface area contributed by atoms with Crippen LogP contribution in [0.4, 0.5) is 0 Å². The van der Waals surface area contributed by atoms with Crippen molar-refractivity contribution in [3.8, 4) is 0 Å². The largest absolute Gasteiger partial charge is 0.463 e. The van der Waals surface area contributed by atoms with Gasteiger partial charge < -0.3 is 33.7 Å². The number of unbranched alkanes of at least 4 members (excludes halogenated alkanes) is 22. The van der Waals surface area contributed by atoms with Crippen LogP contribution in [0.2, 0.25) is 0 Å². The first-order chi connectivity index (χ1) is 30.3. The lowest BCUT2D eigenvalue weighted by Gasteiger charge is -2.28. The maximum Gasteiger partial charge on any atom is 0.305 e. The van der Waals surface area contributed by atoms with Gasteiger partial charge in [0.2, 0.25) is 0 Å². The summed E-state index contributed by atoms with van der Waals surface area (Å²) in [5.41, 5.74) is -0.877. The molecule has 366 valence electrons. The predicted octanol–water partition coefficient (Wildman–Crippen LogP) is 13.4. The number of hydrogen-bond donors (Lipinski definition) is 1. The van der Waals surface area contributed by atoms with Gasteiger partial charge in [0.1, 0.15) is 13.2 Å². The van der Waals surface area contributed by atoms with Crippen LogP contribution in [-0.4, -0.2) is 101 Å². The summed E-state index contributed by atoms with van der Waals surface area (Å²) in [6, 6.07) is 0. The average Bonchev–Trinajstić information content (AvgIpc) is 3.25. The zero-order valence-corrected chi connectivity index (χ0v) is 41.3. The number of nitrogens with zero attached hydrogens (tertiary/aromatic N) is 1. The van der Waals surface area contributed by atoms with Crippen molar-refractivity contribution in [3.63, 3.8) is 0 Å². The Balaban J connectivity index is 3.96. The molecule has 9 nitrogen and oxygen atoms in total. The second-order valence-electron chi connectivity index (χ2n) is 17.9. The molecule has 0 aliphatic carbocycles. The molecule has 0 heterocycles. The minimum absolute atomic E-state index is 0.149. The van der Waals surface area contributed by atoms with Crippen LogP contribution < -0.4 is 0 Å². The van der Waals surface area contributed by atoms with Gasteiger partial charge in [0.15, 0.2) is 0 Å². The summed E-state index contributed by atoms with van der Waals surface area (Å²) < 4.78 is 28.0. The first kappa shape index (κ1) is 60.2. The Bertz CT molecular complexity index is 936. The molecule has 9 heteroatoms. The van der Waals surface area contributed by atoms with E-state index in [2.05, 4.69) is 43.1 Å². The summed E-state index contributed by atoms with van der Waals surface area (Å²) in [5, 5.41) is 11.5. The second kappa shape index (κ2) is 48.7. The minimum atomic E-state index is -0.877. The van der Waals surface area contributed by atoms with Crippen LogP contribution in [-0.2, 0) is 33.3 Å². The predicted molar refractivity (Wildman–Crippen MR) is 260 cm³/mol. The quantitative estimate of drug-likeness (QED) is 0.0363. The third kappa shape index (κ3) is 47.7. The van der Waals surface area contributed by atoms with Crippen LogP contribution in [0, 0.1) is 0 Å². The van der Waals surface area contributed by atoms with Gasteiger partial charge in [-0.2, -0.15) is 0 Å². The van der Waals surface area contributed by atoms with Gasteiger partial charge in [-0.15, -0.1) is 0 Å². The first-order valence-electron chi connectivity index (χ1n) is 26.0. The van der Waals surface area contributed by atoms with E-state index in [0.717, 1.165) is 45.1 Å². The lowest BCUT2D eigenvalue weighted by atomic mass is 9.89. The minimum Gasteiger partial charge on any atom is -0.463 e. The summed E-state index contributed by atoms with van der Waals surface area (Å²) in [7, 11) is 4.03. The monoisotopic (exact) mass is 880 g/mol. The second-order valence-corrected chi connectivity index (χ2v) is 17.9. The zero-order chi connectivity index (χ0) is 45.3. The van der Waals surface area contributed by atoms with Gasteiger partial charge in [-0.25, -0.2) is 0 Å². The molecule has 0 rings (SSSR count). The number of likely N-dealkylation sites (N-methyl/N-ethyl adjacent to an activating group) is 1. The smallest absolute Gasteiger partial charge is 0.305 e. The fourth-order valence-corrected chi connectivity index (χ4v) is 7.45. The van der Waals surface area contributed by atoms with Crippen molar-refractivity contribution in [2.24, 2.45) is 0 Å². The van der Waals surface area contributed by atoms with Crippen molar-refractivity contribution in [2.75, 3.05) is 73.5 Å². The van der Waals surface area contributed by atoms with Crippen molar-refractivity contribution in [2.45, 2.75) is 231 Å². The maximum absolute atomic E-state index is 12.2. The van der Waals surface area contributed by atoms with Gasteiger partial charge in [-0.05, 0) is 110 Å². The number of esters is 2. The molecule has 0 spiro atoms. The summed E-state index contributed by atoms with van der Waals surface area (Å²) >= 11 is 0. The molecule has 0 aromatic carbocycles. The van der Waals surface area contributed by atoms with Crippen LogP contribution in [0.1, 0.15) is 226 Å². The maximum atomic E-state index is 12.2. The molecule has 0 saturated heterocycles. The van der Waals surface area contributed by atoms with E-state index in [0.29, 0.717) is 84.6 Å². The van der Waals surface area contributed by atoms with Crippen molar-refractivity contribution >= 4 is 11.9 Å². The highest BCUT2D eigenvalue weighted by atomic mass is 16.6. The molecule has 0 radical (unpaired) electrons. The highest BCUT2D eigenvalue weighted by molar-refractivity contribution is 5.69. The molecule has 0 atom stereocenters. The first-order valence-corrected chi connectivity index (χ1v) is 26.0. The molecule has 0 aromatic rings. The average molecular weight is 880 g/mol. The Morgan fingerprint density at radius 2 is 0.774 bits per heavy atom. The van der Waals surface area contributed by atoms with Gasteiger partial charge >= 0.3 is 11.9 Å². The van der Waals surface area contributed by atoms with Crippen LogP contribution in [0.15, 0.2) is 24.3 Å². The van der Waals surface area contributed by atoms with Gasteiger partial charge in [0.25, 0.3) is 0 Å². The van der Waals surface area contributed by atoms with E-state index in [1.807, 2.05) is 14.1 Å². The summed E-state index contributed by atoms with van der Waals surface area (Å²) in [5.74, 6) is -0.298. The van der Waals surface area contributed by atoms with Crippen LogP contribution in [0.25, 0.3) is 0 Å². The molecule has 0 saturated carbocycles. The summed E-state index contributed by atoms with van der Waals surface area (Å²) in [6.07, 6.45) is 45.6. The van der Waals surface area contributed by atoms with E-state index in [-0.39, 0.29) is 25.2 Å². The van der Waals surface area contributed by atoms with E-state index in [4.69, 9.17) is 23.7 Å². The van der Waals surface area contributed by atoms with Gasteiger partial charge in [0, 0.05) is 39.2 Å². The molecule has 0 bridgehead atoms. The molecule has 0 fully saturated rings. The Morgan fingerprint density at radius 3 is 1.16 bits per heavy atom. The third-order valence-corrected chi connectivity index (χ3v) is 11.5. The standard InChI is InChI=1S/C53H101NO8/c1-5-7-9-11-13-15-17-19-21-23-25-27-29-31-33-37-51(55)61-49-47-58-43-35-39-53(57,41-45-60-46-42-54(3)4)40-36-44-59-48-50-62-52(56)38-34-32-30-28-26-24-22-20-18-16-14-12-10-8-6-2/h19-22,57H,5-18,23-50H2,1-4H3/b21-19-,22-20-. The molecule has 0 amide bonds. The topological polar surface area (TPSA) is 104 Å². The number of hydrogen-bond acceptors (Lipinski definition) is 9. The molecule has 1 N–H and O–H groups in total. The number of ether oxygens (including phenoxy) is 5. The third-order valence-electron chi connectivity index (χ3n) is 11.5. The van der Waals surface area contributed by atoms with Gasteiger partial charge in [-0.1, -0.05) is 141 Å². The Morgan fingerprint density at radius 1 is 0.419 bits per heavy atom. The fourth-order valence-electron chi connectivity index (χ4n) is 7.45.